The van der Waals surface area contributed by atoms with Gasteiger partial charge in [-0.1, -0.05) is 43.3 Å². The van der Waals surface area contributed by atoms with E-state index >= 15 is 0 Å². The smallest absolute Gasteiger partial charge is 0.497 e. The van der Waals surface area contributed by atoms with E-state index < -0.39 is 17.9 Å². The highest BCUT2D eigenvalue weighted by Gasteiger charge is 2.59. The second kappa shape index (κ2) is 7.58. The van der Waals surface area contributed by atoms with Crippen LogP contribution in [0.15, 0.2) is 66.9 Å². The lowest BCUT2D eigenvalue weighted by Gasteiger charge is -2.41. The van der Waals surface area contributed by atoms with Crippen molar-refractivity contribution in [3.63, 3.8) is 0 Å². The largest absolute Gasteiger partial charge is 0.509 e. The fourth-order valence-electron chi connectivity index (χ4n) is 4.35. The summed E-state index contributed by atoms with van der Waals surface area (Å²) < 4.78 is 22.5. The standard InChI is InChI=1S/C23H24O5/c1-16(26-19-13-11-18(25-2)12-14-19)21-23(28-22(24)27-21)15-7-6-10-20(23)17-8-4-3-5-9-17/h3-5,8-9,11-14,20-21H,1,6-7,10,15H2,2H3/t20-,21-,23-/m1/s1. The second-order valence-corrected chi connectivity index (χ2v) is 7.26. The Morgan fingerprint density at radius 3 is 2.50 bits per heavy atom. The summed E-state index contributed by atoms with van der Waals surface area (Å²) in [6.45, 7) is 4.08. The lowest BCUT2D eigenvalue weighted by Crippen LogP contribution is -2.49. The van der Waals surface area contributed by atoms with Crippen molar-refractivity contribution in [2.45, 2.75) is 43.3 Å². The van der Waals surface area contributed by atoms with Crippen LogP contribution in [0.4, 0.5) is 4.79 Å². The monoisotopic (exact) mass is 380 g/mol. The summed E-state index contributed by atoms with van der Waals surface area (Å²) in [6.07, 6.45) is 2.37. The molecule has 0 bridgehead atoms. The van der Waals surface area contributed by atoms with Crippen LogP contribution in [0.25, 0.3) is 0 Å². The molecule has 0 radical (unpaired) electrons. The molecule has 2 aromatic rings. The predicted octanol–water partition coefficient (Wildman–Crippen LogP) is 5.22. The Labute approximate surface area is 164 Å². The van der Waals surface area contributed by atoms with Crippen LogP contribution in [0.3, 0.4) is 0 Å². The molecule has 1 spiro atoms. The molecule has 1 saturated heterocycles. The van der Waals surface area contributed by atoms with Crippen molar-refractivity contribution in [2.24, 2.45) is 0 Å². The van der Waals surface area contributed by atoms with Gasteiger partial charge in [-0.05, 0) is 49.1 Å². The second-order valence-electron chi connectivity index (χ2n) is 7.26. The first-order valence-corrected chi connectivity index (χ1v) is 9.57. The molecule has 0 aromatic heterocycles. The van der Waals surface area contributed by atoms with Gasteiger partial charge in [-0.2, -0.15) is 0 Å². The zero-order valence-corrected chi connectivity index (χ0v) is 15.9. The molecule has 2 aliphatic rings. The minimum atomic E-state index is -0.791. The van der Waals surface area contributed by atoms with E-state index in [0.29, 0.717) is 17.9 Å². The Morgan fingerprint density at radius 2 is 1.79 bits per heavy atom. The van der Waals surface area contributed by atoms with E-state index in [4.69, 9.17) is 18.9 Å². The average molecular weight is 380 g/mol. The van der Waals surface area contributed by atoms with E-state index in [2.05, 4.69) is 18.7 Å². The minimum Gasteiger partial charge on any atom is -0.497 e. The molecule has 1 heterocycles. The van der Waals surface area contributed by atoms with E-state index in [9.17, 15) is 4.79 Å². The summed E-state index contributed by atoms with van der Waals surface area (Å²) in [7, 11) is 1.61. The number of cyclic esters (lactones) is 1. The van der Waals surface area contributed by atoms with Crippen LogP contribution in [0.5, 0.6) is 11.5 Å². The number of ether oxygens (including phenoxy) is 4. The Balaban J connectivity index is 1.62. The molecule has 4 rings (SSSR count). The molecule has 5 heteroatoms. The average Bonchev–Trinajstić information content (AvgIpc) is 3.05. The van der Waals surface area contributed by atoms with Gasteiger partial charge in [-0.3, -0.25) is 0 Å². The summed E-state index contributed by atoms with van der Waals surface area (Å²) in [5.74, 6) is 1.76. The Kier molecular flexibility index (Phi) is 4.99. The minimum absolute atomic E-state index is 0.0371. The maximum Gasteiger partial charge on any atom is 0.509 e. The van der Waals surface area contributed by atoms with Crippen molar-refractivity contribution < 1.29 is 23.7 Å². The molecule has 1 aliphatic carbocycles. The lowest BCUT2D eigenvalue weighted by molar-refractivity contribution is -0.0221. The molecule has 2 fully saturated rings. The highest BCUT2D eigenvalue weighted by Crippen LogP contribution is 2.51. The number of carbonyl (C=O) groups excluding carboxylic acids is 1. The van der Waals surface area contributed by atoms with Gasteiger partial charge >= 0.3 is 6.16 Å². The third-order valence-electron chi connectivity index (χ3n) is 5.63. The normalized spacial score (nSPS) is 26.4. The topological polar surface area (TPSA) is 54.0 Å². The molecule has 5 nitrogen and oxygen atoms in total. The van der Waals surface area contributed by atoms with Crippen LogP contribution in [0, 0.1) is 0 Å². The van der Waals surface area contributed by atoms with Crippen molar-refractivity contribution in [1.82, 2.24) is 0 Å². The maximum atomic E-state index is 12.2. The van der Waals surface area contributed by atoms with Crippen LogP contribution in [-0.2, 0) is 9.47 Å². The van der Waals surface area contributed by atoms with Gasteiger partial charge in [0.15, 0.2) is 5.60 Å². The van der Waals surface area contributed by atoms with E-state index in [1.807, 2.05) is 30.3 Å². The molecule has 3 atom stereocenters. The first kappa shape index (κ1) is 18.4. The molecule has 1 aliphatic heterocycles. The van der Waals surface area contributed by atoms with Gasteiger partial charge < -0.3 is 18.9 Å². The molecular formula is C23H24O5. The van der Waals surface area contributed by atoms with Crippen LogP contribution < -0.4 is 9.47 Å². The quantitative estimate of drug-likeness (QED) is 0.526. The molecular weight excluding hydrogens is 356 g/mol. The third kappa shape index (κ3) is 3.33. The van der Waals surface area contributed by atoms with Gasteiger partial charge in [0.05, 0.1) is 7.11 Å². The number of carbonyl (C=O) groups is 1. The molecule has 0 N–H and O–H groups in total. The summed E-state index contributed by atoms with van der Waals surface area (Å²) in [4.78, 5) is 12.2. The molecule has 146 valence electrons. The first-order chi connectivity index (χ1) is 13.6. The molecule has 0 unspecified atom stereocenters. The zero-order valence-electron chi connectivity index (χ0n) is 15.9. The van der Waals surface area contributed by atoms with Crippen molar-refractivity contribution >= 4 is 6.16 Å². The third-order valence-corrected chi connectivity index (χ3v) is 5.63. The highest BCUT2D eigenvalue weighted by molar-refractivity contribution is 5.65. The van der Waals surface area contributed by atoms with Crippen LogP contribution in [-0.4, -0.2) is 25.0 Å². The number of rotatable bonds is 5. The van der Waals surface area contributed by atoms with Gasteiger partial charge in [0.25, 0.3) is 0 Å². The van der Waals surface area contributed by atoms with Crippen molar-refractivity contribution in [2.75, 3.05) is 7.11 Å². The Morgan fingerprint density at radius 1 is 1.07 bits per heavy atom. The predicted molar refractivity (Wildman–Crippen MR) is 104 cm³/mol. The van der Waals surface area contributed by atoms with Crippen molar-refractivity contribution in [3.05, 3.63) is 72.5 Å². The molecule has 1 saturated carbocycles. The van der Waals surface area contributed by atoms with Crippen molar-refractivity contribution in [1.29, 1.82) is 0 Å². The maximum absolute atomic E-state index is 12.2. The summed E-state index contributed by atoms with van der Waals surface area (Å²) >= 11 is 0. The first-order valence-electron chi connectivity index (χ1n) is 9.57. The van der Waals surface area contributed by atoms with E-state index in [-0.39, 0.29) is 5.92 Å². The van der Waals surface area contributed by atoms with Gasteiger partial charge in [0.2, 0.25) is 6.10 Å². The summed E-state index contributed by atoms with van der Waals surface area (Å²) in [5, 5.41) is 0. The number of benzene rings is 2. The molecule has 28 heavy (non-hydrogen) atoms. The van der Waals surface area contributed by atoms with Crippen molar-refractivity contribution in [3.8, 4) is 11.5 Å². The van der Waals surface area contributed by atoms with Crippen LogP contribution in [0.2, 0.25) is 0 Å². The van der Waals surface area contributed by atoms with Crippen LogP contribution >= 0.6 is 0 Å². The van der Waals surface area contributed by atoms with Gasteiger partial charge in [0, 0.05) is 5.92 Å². The molecule has 2 aromatic carbocycles. The van der Waals surface area contributed by atoms with Gasteiger partial charge in [-0.15, -0.1) is 0 Å². The van der Waals surface area contributed by atoms with Gasteiger partial charge in [0.1, 0.15) is 17.3 Å². The lowest BCUT2D eigenvalue weighted by atomic mass is 9.69. The summed E-state index contributed by atoms with van der Waals surface area (Å²) in [6, 6.07) is 17.4. The fourth-order valence-corrected chi connectivity index (χ4v) is 4.35. The van der Waals surface area contributed by atoms with Crippen LogP contribution in [0.1, 0.15) is 37.2 Å². The SMILES string of the molecule is C=C(Oc1ccc(OC)cc1)[C@H]1OC(=O)O[C@@]12CCCC[C@@H]2c1ccccc1. The zero-order chi connectivity index (χ0) is 19.6. The molecule has 0 amide bonds. The summed E-state index contributed by atoms with van der Waals surface area (Å²) in [5.41, 5.74) is 0.350. The van der Waals surface area contributed by atoms with E-state index in [0.717, 1.165) is 30.6 Å². The van der Waals surface area contributed by atoms with E-state index in [1.54, 1.807) is 19.2 Å². The van der Waals surface area contributed by atoms with Gasteiger partial charge in [-0.25, -0.2) is 4.79 Å². The Hall–Kier alpha value is -2.95. The highest BCUT2D eigenvalue weighted by atomic mass is 16.8. The fraction of sp³-hybridized carbons (Fsp3) is 0.348. The Bertz CT molecular complexity index is 845. The van der Waals surface area contributed by atoms with E-state index in [1.165, 1.54) is 0 Å². The number of methoxy groups -OCH3 is 1. The number of hydrogen-bond donors (Lipinski definition) is 0. The number of hydrogen-bond acceptors (Lipinski definition) is 5.